The Labute approximate surface area is 138 Å². The highest BCUT2D eigenvalue weighted by atomic mass is 16.6. The van der Waals surface area contributed by atoms with E-state index in [1.54, 1.807) is 26.1 Å². The lowest BCUT2D eigenvalue weighted by Crippen LogP contribution is -2.27. The first-order valence-electron chi connectivity index (χ1n) is 7.17. The third-order valence-corrected chi connectivity index (χ3v) is 3.30. The fraction of sp³-hybridized carbons (Fsp3) is 0.333. The Hall–Kier alpha value is -2.94. The van der Waals surface area contributed by atoms with E-state index in [1.165, 1.54) is 23.9 Å². The van der Waals surface area contributed by atoms with Crippen molar-refractivity contribution in [2.45, 2.75) is 6.92 Å². The molecule has 9 heteroatoms. The number of hydrogen-bond donors (Lipinski definition) is 1. The van der Waals surface area contributed by atoms with Gasteiger partial charge in [0.1, 0.15) is 0 Å². The summed E-state index contributed by atoms with van der Waals surface area (Å²) in [6.45, 7) is 2.41. The van der Waals surface area contributed by atoms with Crippen molar-refractivity contribution in [1.29, 1.82) is 0 Å². The van der Waals surface area contributed by atoms with Crippen molar-refractivity contribution in [3.8, 4) is 11.6 Å². The average Bonchev–Trinajstić information content (AvgIpc) is 2.83. The molecular weight excluding hydrogens is 316 g/mol. The van der Waals surface area contributed by atoms with Crippen LogP contribution in [-0.4, -0.2) is 40.9 Å². The Balaban J connectivity index is 2.27. The summed E-state index contributed by atoms with van der Waals surface area (Å²) >= 11 is 0. The van der Waals surface area contributed by atoms with Gasteiger partial charge in [-0.2, -0.15) is 5.10 Å². The van der Waals surface area contributed by atoms with Crippen LogP contribution in [-0.2, 0) is 11.8 Å². The third kappa shape index (κ3) is 3.69. The van der Waals surface area contributed by atoms with Gasteiger partial charge in [0.15, 0.2) is 5.69 Å². The molecule has 0 aliphatic carbocycles. The first kappa shape index (κ1) is 17.4. The summed E-state index contributed by atoms with van der Waals surface area (Å²) in [4.78, 5) is 22.7. The van der Waals surface area contributed by atoms with Crippen LogP contribution in [0.25, 0.3) is 0 Å². The Morgan fingerprint density at radius 2 is 2.12 bits per heavy atom. The topological polar surface area (TPSA) is 109 Å². The van der Waals surface area contributed by atoms with Gasteiger partial charge >= 0.3 is 5.69 Å². The lowest BCUT2D eigenvalue weighted by molar-refractivity contribution is -0.385. The maximum Gasteiger partial charge on any atom is 0.311 e. The van der Waals surface area contributed by atoms with Crippen molar-refractivity contribution in [1.82, 2.24) is 15.1 Å². The molecule has 128 valence electrons. The van der Waals surface area contributed by atoms with Gasteiger partial charge in [0.05, 0.1) is 11.5 Å². The minimum Gasteiger partial charge on any atom is -0.432 e. The van der Waals surface area contributed by atoms with Gasteiger partial charge in [-0.25, -0.2) is 4.68 Å². The monoisotopic (exact) mass is 334 g/mol. The van der Waals surface area contributed by atoms with Gasteiger partial charge in [0, 0.05) is 32.3 Å². The molecule has 9 nitrogen and oxygen atoms in total. The summed E-state index contributed by atoms with van der Waals surface area (Å²) in [5.74, 6) is -0.0151. The van der Waals surface area contributed by atoms with E-state index in [1.807, 2.05) is 0 Å². The summed E-state index contributed by atoms with van der Waals surface area (Å²) in [7, 11) is 3.14. The number of ether oxygens (including phenoxy) is 2. The summed E-state index contributed by atoms with van der Waals surface area (Å²) < 4.78 is 11.9. The summed E-state index contributed by atoms with van der Waals surface area (Å²) in [6.07, 6.45) is 0. The van der Waals surface area contributed by atoms with E-state index in [0.29, 0.717) is 18.7 Å². The van der Waals surface area contributed by atoms with Crippen LogP contribution < -0.4 is 10.1 Å². The maximum atomic E-state index is 12.1. The number of aromatic nitrogens is 2. The number of rotatable bonds is 7. The molecule has 1 aromatic heterocycles. The molecule has 0 bridgehead atoms. The van der Waals surface area contributed by atoms with E-state index in [0.717, 1.165) is 0 Å². The first-order valence-corrected chi connectivity index (χ1v) is 7.17. The zero-order valence-electron chi connectivity index (χ0n) is 13.6. The largest absolute Gasteiger partial charge is 0.432 e. The molecule has 0 aliphatic heterocycles. The number of carbonyl (C=O) groups is 1. The zero-order chi connectivity index (χ0) is 17.7. The van der Waals surface area contributed by atoms with Crippen molar-refractivity contribution < 1.29 is 19.2 Å². The second-order valence-electron chi connectivity index (χ2n) is 4.98. The normalized spacial score (nSPS) is 10.5. The fourth-order valence-corrected chi connectivity index (χ4v) is 2.12. The molecular formula is C15H18N4O5. The molecule has 0 saturated heterocycles. The van der Waals surface area contributed by atoms with Crippen molar-refractivity contribution in [2.75, 3.05) is 20.3 Å². The number of nitrogens with zero attached hydrogens (tertiary/aromatic N) is 3. The van der Waals surface area contributed by atoms with Gasteiger partial charge in [0.25, 0.3) is 5.91 Å². The number of nitrogens with one attached hydrogen (secondary N) is 1. The van der Waals surface area contributed by atoms with E-state index in [2.05, 4.69) is 10.4 Å². The fourth-order valence-electron chi connectivity index (χ4n) is 2.12. The lowest BCUT2D eigenvalue weighted by atomic mass is 10.2. The lowest BCUT2D eigenvalue weighted by Gasteiger charge is -2.07. The van der Waals surface area contributed by atoms with E-state index in [-0.39, 0.29) is 28.9 Å². The standard InChI is InChI=1S/C15H18N4O5/c1-10-13(14(20)16-8-9-23-3)17-18(2)15(10)24-12-7-5-4-6-11(12)19(21)22/h4-7H,8-9H2,1-3H3,(H,16,20). The highest BCUT2D eigenvalue weighted by Crippen LogP contribution is 2.33. The van der Waals surface area contributed by atoms with Crippen LogP contribution in [0.5, 0.6) is 11.6 Å². The van der Waals surface area contributed by atoms with Gasteiger partial charge < -0.3 is 14.8 Å². The number of nitro groups is 1. The SMILES string of the molecule is COCCNC(=O)c1nn(C)c(Oc2ccccc2[N+](=O)[O-])c1C. The van der Waals surface area contributed by atoms with Gasteiger partial charge in [-0.3, -0.25) is 14.9 Å². The Morgan fingerprint density at radius 3 is 2.79 bits per heavy atom. The predicted molar refractivity (Wildman–Crippen MR) is 85.3 cm³/mol. The van der Waals surface area contributed by atoms with E-state index < -0.39 is 4.92 Å². The van der Waals surface area contributed by atoms with Gasteiger partial charge in [-0.15, -0.1) is 0 Å². The van der Waals surface area contributed by atoms with Crippen molar-refractivity contribution in [2.24, 2.45) is 7.05 Å². The molecule has 1 aromatic carbocycles. The third-order valence-electron chi connectivity index (χ3n) is 3.30. The second kappa shape index (κ2) is 7.55. The summed E-state index contributed by atoms with van der Waals surface area (Å²) in [6, 6.07) is 6.02. The maximum absolute atomic E-state index is 12.1. The number of para-hydroxylation sites is 2. The number of methoxy groups -OCH3 is 1. The quantitative estimate of drug-likeness (QED) is 0.470. The number of hydrogen-bond acceptors (Lipinski definition) is 6. The molecule has 0 aliphatic rings. The molecule has 0 radical (unpaired) electrons. The Kier molecular flexibility index (Phi) is 5.48. The molecule has 0 atom stereocenters. The molecule has 2 rings (SSSR count). The first-order chi connectivity index (χ1) is 11.5. The number of aryl methyl sites for hydroxylation is 1. The smallest absolute Gasteiger partial charge is 0.311 e. The van der Waals surface area contributed by atoms with Crippen LogP contribution >= 0.6 is 0 Å². The van der Waals surface area contributed by atoms with E-state index in [4.69, 9.17) is 9.47 Å². The van der Waals surface area contributed by atoms with E-state index >= 15 is 0 Å². The second-order valence-corrected chi connectivity index (χ2v) is 4.98. The molecule has 24 heavy (non-hydrogen) atoms. The van der Waals surface area contributed by atoms with Crippen molar-refractivity contribution in [3.05, 3.63) is 45.6 Å². The Morgan fingerprint density at radius 1 is 1.42 bits per heavy atom. The van der Waals surface area contributed by atoms with Crippen LogP contribution in [0.3, 0.4) is 0 Å². The zero-order valence-corrected chi connectivity index (χ0v) is 13.6. The predicted octanol–water partition coefficient (Wildman–Crippen LogP) is 1.81. The number of amides is 1. The molecule has 0 spiro atoms. The van der Waals surface area contributed by atoms with Crippen LogP contribution in [0.1, 0.15) is 16.1 Å². The highest BCUT2D eigenvalue weighted by Gasteiger charge is 2.22. The number of carbonyl (C=O) groups excluding carboxylic acids is 1. The van der Waals surface area contributed by atoms with Gasteiger partial charge in [0.2, 0.25) is 11.6 Å². The molecule has 0 unspecified atom stereocenters. The molecule has 0 saturated carbocycles. The highest BCUT2D eigenvalue weighted by molar-refractivity contribution is 5.94. The van der Waals surface area contributed by atoms with Gasteiger partial charge in [-0.1, -0.05) is 12.1 Å². The molecule has 1 amide bonds. The molecule has 2 aromatic rings. The summed E-state index contributed by atoms with van der Waals surface area (Å²) in [5, 5.41) is 17.9. The number of benzene rings is 1. The van der Waals surface area contributed by atoms with Crippen LogP contribution in [0.15, 0.2) is 24.3 Å². The van der Waals surface area contributed by atoms with Crippen LogP contribution in [0.4, 0.5) is 5.69 Å². The van der Waals surface area contributed by atoms with Gasteiger partial charge in [-0.05, 0) is 13.0 Å². The van der Waals surface area contributed by atoms with E-state index in [9.17, 15) is 14.9 Å². The molecule has 1 N–H and O–H groups in total. The minimum atomic E-state index is -0.528. The van der Waals surface area contributed by atoms with Crippen molar-refractivity contribution >= 4 is 11.6 Å². The molecule has 1 heterocycles. The minimum absolute atomic E-state index is 0.0833. The molecule has 0 fully saturated rings. The van der Waals surface area contributed by atoms with Crippen LogP contribution in [0.2, 0.25) is 0 Å². The average molecular weight is 334 g/mol. The van der Waals surface area contributed by atoms with Crippen LogP contribution in [0, 0.1) is 17.0 Å². The Bertz CT molecular complexity index is 756. The van der Waals surface area contributed by atoms with Crippen molar-refractivity contribution in [3.63, 3.8) is 0 Å². The summed E-state index contributed by atoms with van der Waals surface area (Å²) in [5.41, 5.74) is 0.525. The number of nitro benzene ring substituents is 1.